The summed E-state index contributed by atoms with van der Waals surface area (Å²) in [5, 5.41) is 0. The zero-order chi connectivity index (χ0) is 10.4. The number of hydrogen-bond acceptors (Lipinski definition) is 2. The molecule has 0 N–H and O–H groups in total. The Morgan fingerprint density at radius 1 is 0.923 bits per heavy atom. The number of carbonyl (C=O) groups is 1. The average Bonchev–Trinajstić information content (AvgIpc) is 2.15. The molecule has 2 nitrogen and oxygen atoms in total. The van der Waals surface area contributed by atoms with Gasteiger partial charge < -0.3 is 4.74 Å². The van der Waals surface area contributed by atoms with Crippen molar-refractivity contribution in [2.75, 3.05) is 6.61 Å². The Balaban J connectivity index is 0. The highest BCUT2D eigenvalue weighted by molar-refractivity contribution is 5.36. The Morgan fingerprint density at radius 3 is 1.54 bits per heavy atom. The monoisotopic (exact) mass is 188 g/mol. The normalized spacial score (nSPS) is 8.54. The van der Waals surface area contributed by atoms with Crippen molar-refractivity contribution >= 4 is 6.47 Å². The van der Waals surface area contributed by atoms with E-state index >= 15 is 0 Å². The topological polar surface area (TPSA) is 26.3 Å². The molecule has 0 aromatic heterocycles. The van der Waals surface area contributed by atoms with Gasteiger partial charge in [-0.05, 0) is 6.92 Å². The Kier molecular flexibility index (Phi) is 20.2. The number of unbranched alkanes of at least 4 members (excludes halogenated alkanes) is 5. The third-order valence-electron chi connectivity index (χ3n) is 1.69. The number of rotatable bonds is 7. The maximum atomic E-state index is 9.18. The van der Waals surface area contributed by atoms with Crippen molar-refractivity contribution in [2.24, 2.45) is 0 Å². The Bertz CT molecular complexity index is 76.2. The van der Waals surface area contributed by atoms with Crippen LogP contribution in [0, 0.1) is 0 Å². The molecule has 0 aliphatic carbocycles. The second kappa shape index (κ2) is 17.5. The summed E-state index contributed by atoms with van der Waals surface area (Å²) in [5.74, 6) is 0. The number of carbonyl (C=O) groups excluding carboxylic acids is 1. The molecule has 2 heteroatoms. The zero-order valence-electron chi connectivity index (χ0n) is 9.34. The molecule has 0 heterocycles. The van der Waals surface area contributed by atoms with E-state index in [9.17, 15) is 4.79 Å². The highest BCUT2D eigenvalue weighted by atomic mass is 16.5. The smallest absolute Gasteiger partial charge is 0.293 e. The minimum Gasteiger partial charge on any atom is -0.468 e. The second-order valence-corrected chi connectivity index (χ2v) is 2.97. The lowest BCUT2D eigenvalue weighted by Gasteiger charge is -1.93. The molecule has 0 aliphatic rings. The largest absolute Gasteiger partial charge is 0.468 e. The lowest BCUT2D eigenvalue weighted by molar-refractivity contribution is -0.128. The van der Waals surface area contributed by atoms with Gasteiger partial charge in [-0.15, -0.1) is 0 Å². The summed E-state index contributed by atoms with van der Waals surface area (Å²) in [6.45, 7) is 7.18. The van der Waals surface area contributed by atoms with Crippen LogP contribution in [0.4, 0.5) is 0 Å². The molecule has 0 aliphatic heterocycles. The first kappa shape index (κ1) is 15.0. The van der Waals surface area contributed by atoms with Crippen LogP contribution in [0.1, 0.15) is 59.3 Å². The summed E-state index contributed by atoms with van der Waals surface area (Å²) in [6, 6.07) is 0. The molecule has 0 saturated carbocycles. The van der Waals surface area contributed by atoms with Gasteiger partial charge in [0.1, 0.15) is 0 Å². The van der Waals surface area contributed by atoms with Crippen molar-refractivity contribution in [3.8, 4) is 0 Å². The first-order valence-electron chi connectivity index (χ1n) is 5.38. The first-order valence-corrected chi connectivity index (χ1v) is 5.38. The van der Waals surface area contributed by atoms with Gasteiger partial charge in [-0.2, -0.15) is 0 Å². The van der Waals surface area contributed by atoms with Crippen molar-refractivity contribution in [1.82, 2.24) is 0 Å². The van der Waals surface area contributed by atoms with Gasteiger partial charge in [0.05, 0.1) is 6.61 Å². The predicted molar refractivity (Wildman–Crippen MR) is 56.7 cm³/mol. The van der Waals surface area contributed by atoms with Gasteiger partial charge in [0.25, 0.3) is 6.47 Å². The van der Waals surface area contributed by atoms with Crippen LogP contribution in [0.3, 0.4) is 0 Å². The van der Waals surface area contributed by atoms with E-state index in [4.69, 9.17) is 0 Å². The van der Waals surface area contributed by atoms with E-state index in [0.717, 1.165) is 0 Å². The fraction of sp³-hybridized carbons (Fsp3) is 0.909. The van der Waals surface area contributed by atoms with E-state index in [-0.39, 0.29) is 0 Å². The highest BCUT2D eigenvalue weighted by Gasteiger charge is 1.83. The van der Waals surface area contributed by atoms with Crippen LogP contribution in [-0.4, -0.2) is 13.1 Å². The molecule has 0 bridgehead atoms. The summed E-state index contributed by atoms with van der Waals surface area (Å²) < 4.78 is 4.15. The second-order valence-electron chi connectivity index (χ2n) is 2.97. The molecule has 0 rings (SSSR count). The Hall–Kier alpha value is -0.530. The van der Waals surface area contributed by atoms with E-state index < -0.39 is 0 Å². The molecule has 0 fully saturated rings. The number of hydrogen-bond donors (Lipinski definition) is 0. The van der Waals surface area contributed by atoms with Crippen LogP contribution >= 0.6 is 0 Å². The van der Waals surface area contributed by atoms with Crippen LogP contribution in [-0.2, 0) is 9.53 Å². The van der Waals surface area contributed by atoms with Crippen molar-refractivity contribution in [2.45, 2.75) is 59.3 Å². The standard InChI is InChI=1S/C8H18.C3H6O2/c1-3-5-7-8-6-4-2;1-2-5-3-4/h3-8H2,1-2H3;3H,2H2,1H3. The maximum absolute atomic E-state index is 9.18. The number of ether oxygens (including phenoxy) is 1. The van der Waals surface area contributed by atoms with E-state index in [2.05, 4.69) is 18.6 Å². The lowest BCUT2D eigenvalue weighted by atomic mass is 10.1. The molecule has 0 aromatic rings. The Morgan fingerprint density at radius 2 is 1.38 bits per heavy atom. The molecule has 13 heavy (non-hydrogen) atoms. The van der Waals surface area contributed by atoms with Crippen molar-refractivity contribution in [3.05, 3.63) is 0 Å². The van der Waals surface area contributed by atoms with Crippen molar-refractivity contribution in [3.63, 3.8) is 0 Å². The molecule has 80 valence electrons. The zero-order valence-corrected chi connectivity index (χ0v) is 9.34. The molecule has 0 saturated heterocycles. The van der Waals surface area contributed by atoms with Crippen molar-refractivity contribution in [1.29, 1.82) is 0 Å². The Labute approximate surface area is 82.7 Å². The fourth-order valence-corrected chi connectivity index (χ4v) is 0.922. The minimum absolute atomic E-state index is 0.431. The van der Waals surface area contributed by atoms with Gasteiger partial charge in [-0.25, -0.2) is 0 Å². The van der Waals surface area contributed by atoms with E-state index in [1.165, 1.54) is 38.5 Å². The van der Waals surface area contributed by atoms with E-state index in [1.54, 1.807) is 6.92 Å². The van der Waals surface area contributed by atoms with Gasteiger partial charge in [0.2, 0.25) is 0 Å². The van der Waals surface area contributed by atoms with Crippen LogP contribution in [0.15, 0.2) is 0 Å². The van der Waals surface area contributed by atoms with Crippen LogP contribution in [0.25, 0.3) is 0 Å². The quantitative estimate of drug-likeness (QED) is 0.451. The summed E-state index contributed by atoms with van der Waals surface area (Å²) in [5.41, 5.74) is 0. The summed E-state index contributed by atoms with van der Waals surface area (Å²) in [6.07, 6.45) is 8.49. The minimum atomic E-state index is 0.431. The molecular formula is C11H24O2. The van der Waals surface area contributed by atoms with E-state index in [0.29, 0.717) is 13.1 Å². The molecule has 0 atom stereocenters. The van der Waals surface area contributed by atoms with Crippen molar-refractivity contribution < 1.29 is 9.53 Å². The SMILES string of the molecule is CCCCCCCC.CCOC=O. The van der Waals surface area contributed by atoms with Gasteiger partial charge in [0.15, 0.2) is 0 Å². The van der Waals surface area contributed by atoms with Gasteiger partial charge in [-0.3, -0.25) is 4.79 Å². The van der Waals surface area contributed by atoms with Crippen LogP contribution < -0.4 is 0 Å². The molecule has 0 radical (unpaired) electrons. The first-order chi connectivity index (χ1) is 6.33. The van der Waals surface area contributed by atoms with Gasteiger partial charge in [0, 0.05) is 0 Å². The van der Waals surface area contributed by atoms with Crippen LogP contribution in [0.5, 0.6) is 0 Å². The van der Waals surface area contributed by atoms with Gasteiger partial charge in [-0.1, -0.05) is 52.4 Å². The molecular weight excluding hydrogens is 164 g/mol. The summed E-state index contributed by atoms with van der Waals surface area (Å²) >= 11 is 0. The molecule has 0 unspecified atom stereocenters. The summed E-state index contributed by atoms with van der Waals surface area (Å²) in [7, 11) is 0. The summed E-state index contributed by atoms with van der Waals surface area (Å²) in [4.78, 5) is 9.18. The third-order valence-corrected chi connectivity index (χ3v) is 1.69. The van der Waals surface area contributed by atoms with E-state index in [1.807, 2.05) is 0 Å². The third kappa shape index (κ3) is 24.6. The van der Waals surface area contributed by atoms with Crippen LogP contribution in [0.2, 0.25) is 0 Å². The molecule has 0 amide bonds. The van der Waals surface area contributed by atoms with Gasteiger partial charge >= 0.3 is 0 Å². The average molecular weight is 188 g/mol. The molecule has 0 aromatic carbocycles. The predicted octanol–water partition coefficient (Wildman–Crippen LogP) is 3.55. The highest BCUT2D eigenvalue weighted by Crippen LogP contribution is 2.03. The molecule has 0 spiro atoms. The lowest BCUT2D eigenvalue weighted by Crippen LogP contribution is -1.80. The fourth-order valence-electron chi connectivity index (χ4n) is 0.922. The maximum Gasteiger partial charge on any atom is 0.293 e.